The Morgan fingerprint density at radius 3 is 2.28 bits per heavy atom. The van der Waals surface area contributed by atoms with Gasteiger partial charge < -0.3 is 5.32 Å². The lowest BCUT2D eigenvalue weighted by atomic mass is 10.1. The van der Waals surface area contributed by atoms with Crippen molar-refractivity contribution in [2.45, 2.75) is 42.4 Å². The summed E-state index contributed by atoms with van der Waals surface area (Å²) < 4.78 is 26.8. The Morgan fingerprint density at radius 1 is 1.00 bits per heavy atom. The van der Waals surface area contributed by atoms with Crippen LogP contribution in [0.25, 0.3) is 0 Å². The van der Waals surface area contributed by atoms with Gasteiger partial charge in [-0.15, -0.1) is 11.8 Å². The first-order chi connectivity index (χ1) is 14.0. The van der Waals surface area contributed by atoms with Gasteiger partial charge in [0.15, 0.2) is 0 Å². The summed E-state index contributed by atoms with van der Waals surface area (Å²) >= 11 is 1.76. The quantitative estimate of drug-likeness (QED) is 0.485. The number of piperidine rings is 1. The number of rotatable bonds is 9. The van der Waals surface area contributed by atoms with Gasteiger partial charge in [-0.2, -0.15) is 0 Å². The van der Waals surface area contributed by atoms with E-state index < -0.39 is 10.0 Å². The molecular formula is C22H28N2O3S2. The molecule has 0 atom stereocenters. The Kier molecular flexibility index (Phi) is 8.15. The Bertz CT molecular complexity index is 865. The van der Waals surface area contributed by atoms with Crippen LogP contribution < -0.4 is 5.32 Å². The molecule has 2 aromatic carbocycles. The van der Waals surface area contributed by atoms with Gasteiger partial charge in [-0.05, 0) is 42.7 Å². The summed E-state index contributed by atoms with van der Waals surface area (Å²) in [7, 11) is -3.31. The van der Waals surface area contributed by atoms with Crippen LogP contribution in [0, 0.1) is 0 Å². The number of hydrogen-bond donors (Lipinski definition) is 1. The average Bonchev–Trinajstić information content (AvgIpc) is 2.73. The van der Waals surface area contributed by atoms with Gasteiger partial charge in [0.25, 0.3) is 0 Å². The second kappa shape index (κ2) is 10.8. The minimum Gasteiger partial charge on any atom is -0.353 e. The third-order valence-corrected chi connectivity index (χ3v) is 7.91. The van der Waals surface area contributed by atoms with Crippen LogP contribution in [0.3, 0.4) is 0 Å². The van der Waals surface area contributed by atoms with Crippen LogP contribution in [0.2, 0.25) is 0 Å². The number of amides is 1. The first-order valence-corrected chi connectivity index (χ1v) is 12.6. The fraction of sp³-hybridized carbons (Fsp3) is 0.409. The highest BCUT2D eigenvalue weighted by Gasteiger charge is 2.28. The van der Waals surface area contributed by atoms with Crippen LogP contribution >= 0.6 is 11.8 Å². The second-order valence-electron chi connectivity index (χ2n) is 7.25. The summed E-state index contributed by atoms with van der Waals surface area (Å²) in [5.74, 6) is 1.00. The number of benzene rings is 2. The maximum atomic E-state index is 12.6. The molecule has 156 valence electrons. The van der Waals surface area contributed by atoms with Crippen molar-refractivity contribution in [3.63, 3.8) is 0 Å². The zero-order valence-electron chi connectivity index (χ0n) is 16.5. The van der Waals surface area contributed by atoms with E-state index in [9.17, 15) is 13.2 Å². The van der Waals surface area contributed by atoms with Gasteiger partial charge >= 0.3 is 0 Å². The minimum atomic E-state index is -3.31. The molecule has 1 fully saturated rings. The van der Waals surface area contributed by atoms with Crippen LogP contribution in [0.5, 0.6) is 0 Å². The van der Waals surface area contributed by atoms with E-state index in [1.165, 1.54) is 4.90 Å². The van der Waals surface area contributed by atoms with Crippen LogP contribution in [-0.4, -0.2) is 43.5 Å². The highest BCUT2D eigenvalue weighted by atomic mass is 32.2. The Balaban J connectivity index is 1.35. The van der Waals surface area contributed by atoms with Gasteiger partial charge in [-0.3, -0.25) is 4.79 Å². The van der Waals surface area contributed by atoms with Crippen molar-refractivity contribution in [2.24, 2.45) is 0 Å². The maximum absolute atomic E-state index is 12.6. The molecule has 5 nitrogen and oxygen atoms in total. The molecule has 29 heavy (non-hydrogen) atoms. The smallest absolute Gasteiger partial charge is 0.220 e. The third-order valence-electron chi connectivity index (χ3n) is 4.96. The van der Waals surface area contributed by atoms with E-state index in [1.807, 2.05) is 48.5 Å². The van der Waals surface area contributed by atoms with Crippen LogP contribution in [-0.2, 0) is 20.6 Å². The number of carbonyl (C=O) groups is 1. The molecular weight excluding hydrogens is 404 g/mol. The van der Waals surface area contributed by atoms with Crippen molar-refractivity contribution in [1.29, 1.82) is 0 Å². The molecule has 1 amide bonds. The Hall–Kier alpha value is -1.83. The van der Waals surface area contributed by atoms with Crippen LogP contribution in [0.1, 0.15) is 31.2 Å². The predicted molar refractivity (Wildman–Crippen MR) is 118 cm³/mol. The second-order valence-corrected chi connectivity index (χ2v) is 10.4. The summed E-state index contributed by atoms with van der Waals surface area (Å²) in [5.41, 5.74) is 0.802. The number of thioether (sulfide) groups is 1. The van der Waals surface area contributed by atoms with Gasteiger partial charge in [-0.1, -0.05) is 48.5 Å². The van der Waals surface area contributed by atoms with Crippen molar-refractivity contribution in [2.75, 3.05) is 18.8 Å². The Morgan fingerprint density at radius 2 is 1.62 bits per heavy atom. The lowest BCUT2D eigenvalue weighted by Crippen LogP contribution is -2.46. The third kappa shape index (κ3) is 7.17. The molecule has 1 aliphatic rings. The number of nitrogens with one attached hydrogen (secondary N) is 1. The summed E-state index contributed by atoms with van der Waals surface area (Å²) in [4.78, 5) is 13.4. The molecule has 1 saturated heterocycles. The normalized spacial score (nSPS) is 15.9. The lowest BCUT2D eigenvalue weighted by molar-refractivity contribution is -0.122. The molecule has 0 bridgehead atoms. The van der Waals surface area contributed by atoms with E-state index in [2.05, 4.69) is 17.4 Å². The molecule has 0 spiro atoms. The molecule has 0 unspecified atom stereocenters. The zero-order chi connectivity index (χ0) is 20.5. The molecule has 2 aromatic rings. The van der Waals surface area contributed by atoms with E-state index in [0.29, 0.717) is 32.4 Å². The average molecular weight is 433 g/mol. The molecule has 7 heteroatoms. The summed E-state index contributed by atoms with van der Waals surface area (Å²) in [6.07, 6.45) is 2.67. The fourth-order valence-electron chi connectivity index (χ4n) is 3.39. The molecule has 0 aliphatic carbocycles. The monoisotopic (exact) mass is 432 g/mol. The van der Waals surface area contributed by atoms with Crippen molar-refractivity contribution < 1.29 is 13.2 Å². The molecule has 1 heterocycles. The minimum absolute atomic E-state index is 0.0317. The van der Waals surface area contributed by atoms with E-state index >= 15 is 0 Å². The number of hydrogen-bond acceptors (Lipinski definition) is 4. The van der Waals surface area contributed by atoms with Gasteiger partial charge in [0.1, 0.15) is 0 Å². The Labute approximate surface area is 177 Å². The summed E-state index contributed by atoms with van der Waals surface area (Å²) in [5, 5.41) is 3.07. The van der Waals surface area contributed by atoms with Crippen molar-refractivity contribution in [3.05, 3.63) is 66.2 Å². The highest BCUT2D eigenvalue weighted by Crippen LogP contribution is 2.19. The predicted octanol–water partition coefficient (Wildman–Crippen LogP) is 3.67. The first kappa shape index (κ1) is 21.9. The van der Waals surface area contributed by atoms with Gasteiger partial charge in [0.2, 0.25) is 15.9 Å². The standard InChI is InChI=1S/C22H28N2O3S2/c25-22(12-7-17-28-21-10-5-2-6-11-21)23-20-13-15-24(16-14-20)29(26,27)18-19-8-3-1-4-9-19/h1-6,8-11,20H,7,12-18H2,(H,23,25). The zero-order valence-corrected chi connectivity index (χ0v) is 18.1. The van der Waals surface area contributed by atoms with Gasteiger partial charge in [0, 0.05) is 30.4 Å². The van der Waals surface area contributed by atoms with E-state index in [1.54, 1.807) is 16.1 Å². The molecule has 1 aliphatic heterocycles. The maximum Gasteiger partial charge on any atom is 0.220 e. The molecule has 0 saturated carbocycles. The number of nitrogens with zero attached hydrogens (tertiary/aromatic N) is 1. The largest absolute Gasteiger partial charge is 0.353 e. The van der Waals surface area contributed by atoms with E-state index in [4.69, 9.17) is 0 Å². The highest BCUT2D eigenvalue weighted by molar-refractivity contribution is 7.99. The summed E-state index contributed by atoms with van der Waals surface area (Å²) in [6, 6.07) is 19.5. The van der Waals surface area contributed by atoms with Crippen LogP contribution in [0.4, 0.5) is 0 Å². The molecule has 3 rings (SSSR count). The van der Waals surface area contributed by atoms with Gasteiger partial charge in [0.05, 0.1) is 5.75 Å². The van der Waals surface area contributed by atoms with Gasteiger partial charge in [-0.25, -0.2) is 12.7 Å². The fourth-order valence-corrected chi connectivity index (χ4v) is 5.83. The van der Waals surface area contributed by atoms with Crippen molar-refractivity contribution in [3.8, 4) is 0 Å². The molecule has 0 aromatic heterocycles. The van der Waals surface area contributed by atoms with Crippen molar-refractivity contribution >= 4 is 27.7 Å². The number of sulfonamides is 1. The molecule has 1 N–H and O–H groups in total. The van der Waals surface area contributed by atoms with E-state index in [-0.39, 0.29) is 17.7 Å². The topological polar surface area (TPSA) is 66.5 Å². The lowest BCUT2D eigenvalue weighted by Gasteiger charge is -2.31. The van der Waals surface area contributed by atoms with Crippen molar-refractivity contribution in [1.82, 2.24) is 9.62 Å². The first-order valence-electron chi connectivity index (χ1n) is 10.0. The van der Waals surface area contributed by atoms with Crippen LogP contribution in [0.15, 0.2) is 65.6 Å². The molecule has 0 radical (unpaired) electrons. The van der Waals surface area contributed by atoms with E-state index in [0.717, 1.165) is 17.7 Å². The number of carbonyl (C=O) groups excluding carboxylic acids is 1. The SMILES string of the molecule is O=C(CCCSc1ccccc1)NC1CCN(S(=O)(=O)Cc2ccccc2)CC1. The summed E-state index contributed by atoms with van der Waals surface area (Å²) in [6.45, 7) is 0.925.